The van der Waals surface area contributed by atoms with Gasteiger partial charge in [-0.05, 0) is 38.5 Å². The molecule has 0 aliphatic heterocycles. The Labute approximate surface area is 118 Å². The van der Waals surface area contributed by atoms with Crippen LogP contribution < -0.4 is 11.1 Å². The largest absolute Gasteiger partial charge is 0.444 e. The molecule has 1 amide bonds. The number of amides is 1. The molecule has 0 saturated carbocycles. The highest BCUT2D eigenvalue weighted by Crippen LogP contribution is 2.16. The van der Waals surface area contributed by atoms with Crippen molar-refractivity contribution >= 4 is 17.7 Å². The Kier molecular flexibility index (Phi) is 5.57. The number of pyridine rings is 1. The van der Waals surface area contributed by atoms with Gasteiger partial charge in [0.25, 0.3) is 0 Å². The van der Waals surface area contributed by atoms with Crippen molar-refractivity contribution in [2.45, 2.75) is 32.3 Å². The normalized spacial score (nSPS) is 12.9. The van der Waals surface area contributed by atoms with Gasteiger partial charge in [0.15, 0.2) is 0 Å². The van der Waals surface area contributed by atoms with Crippen molar-refractivity contribution in [2.24, 2.45) is 5.73 Å². The lowest BCUT2D eigenvalue weighted by Gasteiger charge is -2.21. The molecule has 1 unspecified atom stereocenters. The number of nitrogens with zero attached hydrogens (tertiary/aromatic N) is 1. The zero-order valence-electron chi connectivity index (χ0n) is 11.4. The molecule has 1 aromatic rings. The fraction of sp³-hybridized carbons (Fsp3) is 0.538. The Bertz CT molecular complexity index is 432. The summed E-state index contributed by atoms with van der Waals surface area (Å²) in [6.45, 7) is 6.24. The van der Waals surface area contributed by atoms with E-state index in [1.54, 1.807) is 12.3 Å². The van der Waals surface area contributed by atoms with Gasteiger partial charge in [0.1, 0.15) is 10.8 Å². The van der Waals surface area contributed by atoms with Crippen LogP contribution in [0.15, 0.2) is 18.3 Å². The average molecular weight is 286 g/mol. The third-order valence-electron chi connectivity index (χ3n) is 2.40. The van der Waals surface area contributed by atoms with E-state index in [2.05, 4.69) is 10.3 Å². The molecule has 0 aromatic carbocycles. The summed E-state index contributed by atoms with van der Waals surface area (Å²) in [5.74, 6) is -0.0204. The Balaban J connectivity index is 2.56. The Morgan fingerprint density at radius 1 is 1.58 bits per heavy atom. The molecule has 106 valence electrons. The molecule has 0 spiro atoms. The number of alkyl carbamates (subject to hydrolysis) is 1. The second-order valence-corrected chi connectivity index (χ2v) is 5.61. The van der Waals surface area contributed by atoms with Gasteiger partial charge >= 0.3 is 6.09 Å². The molecule has 6 heteroatoms. The van der Waals surface area contributed by atoms with Gasteiger partial charge in [-0.3, -0.25) is 0 Å². The molecule has 1 aromatic heterocycles. The zero-order valence-corrected chi connectivity index (χ0v) is 12.2. The summed E-state index contributed by atoms with van der Waals surface area (Å²) in [5, 5.41) is 3.11. The van der Waals surface area contributed by atoms with E-state index in [4.69, 9.17) is 22.1 Å². The van der Waals surface area contributed by atoms with Crippen LogP contribution in [-0.4, -0.2) is 29.8 Å². The summed E-state index contributed by atoms with van der Waals surface area (Å²) in [7, 11) is 0. The van der Waals surface area contributed by atoms with Crippen LogP contribution in [-0.2, 0) is 4.74 Å². The summed E-state index contributed by atoms with van der Waals surface area (Å²) in [4.78, 5) is 15.5. The van der Waals surface area contributed by atoms with Gasteiger partial charge < -0.3 is 15.8 Å². The van der Waals surface area contributed by atoms with E-state index in [1.165, 1.54) is 0 Å². The molecule has 0 aliphatic rings. The molecule has 1 rings (SSSR count). The van der Waals surface area contributed by atoms with Gasteiger partial charge in [0, 0.05) is 25.2 Å². The molecule has 1 heterocycles. The van der Waals surface area contributed by atoms with Crippen LogP contribution in [0, 0.1) is 0 Å². The van der Waals surface area contributed by atoms with E-state index in [9.17, 15) is 4.79 Å². The van der Waals surface area contributed by atoms with E-state index in [0.717, 1.165) is 5.56 Å². The summed E-state index contributed by atoms with van der Waals surface area (Å²) in [6, 6.07) is 3.58. The highest BCUT2D eigenvalue weighted by molar-refractivity contribution is 6.29. The quantitative estimate of drug-likeness (QED) is 0.832. The van der Waals surface area contributed by atoms with Crippen molar-refractivity contribution < 1.29 is 9.53 Å². The van der Waals surface area contributed by atoms with Crippen LogP contribution in [0.25, 0.3) is 0 Å². The standard InChI is InChI=1S/C13H20ClN3O2/c1-13(2,3)19-12(18)17-8-10(7-15)9-4-5-16-11(14)6-9/h4-6,10H,7-8,15H2,1-3H3,(H,17,18). The number of carbonyl (C=O) groups is 1. The first-order valence-electron chi connectivity index (χ1n) is 6.10. The van der Waals surface area contributed by atoms with Crippen molar-refractivity contribution in [3.8, 4) is 0 Å². The van der Waals surface area contributed by atoms with Gasteiger partial charge in [0.2, 0.25) is 0 Å². The number of hydrogen-bond donors (Lipinski definition) is 2. The van der Waals surface area contributed by atoms with Crippen LogP contribution >= 0.6 is 11.6 Å². The molecule has 3 N–H and O–H groups in total. The number of rotatable bonds is 4. The molecule has 0 saturated heterocycles. The Morgan fingerprint density at radius 3 is 2.79 bits per heavy atom. The number of halogens is 1. The van der Waals surface area contributed by atoms with Crippen LogP contribution in [0.2, 0.25) is 5.15 Å². The van der Waals surface area contributed by atoms with Gasteiger partial charge in [-0.2, -0.15) is 0 Å². The predicted octanol–water partition coefficient (Wildman–Crippen LogP) is 2.30. The smallest absolute Gasteiger partial charge is 0.407 e. The van der Waals surface area contributed by atoms with E-state index >= 15 is 0 Å². The minimum Gasteiger partial charge on any atom is -0.444 e. The summed E-state index contributed by atoms with van der Waals surface area (Å²) >= 11 is 5.83. The number of nitrogens with two attached hydrogens (primary N) is 1. The van der Waals surface area contributed by atoms with E-state index in [0.29, 0.717) is 18.2 Å². The topological polar surface area (TPSA) is 77.2 Å². The van der Waals surface area contributed by atoms with Gasteiger partial charge in [-0.15, -0.1) is 0 Å². The molecule has 0 fully saturated rings. The van der Waals surface area contributed by atoms with Crippen LogP contribution in [0.3, 0.4) is 0 Å². The third kappa shape index (κ3) is 5.89. The Morgan fingerprint density at radius 2 is 2.26 bits per heavy atom. The second-order valence-electron chi connectivity index (χ2n) is 5.23. The fourth-order valence-corrected chi connectivity index (χ4v) is 1.71. The maximum atomic E-state index is 11.6. The molecule has 19 heavy (non-hydrogen) atoms. The monoisotopic (exact) mass is 285 g/mol. The van der Waals surface area contributed by atoms with E-state index in [1.807, 2.05) is 26.8 Å². The van der Waals surface area contributed by atoms with Crippen molar-refractivity contribution in [1.82, 2.24) is 10.3 Å². The lowest BCUT2D eigenvalue weighted by molar-refractivity contribution is 0.0525. The predicted molar refractivity (Wildman–Crippen MR) is 75.3 cm³/mol. The molecule has 0 bridgehead atoms. The second kappa shape index (κ2) is 6.73. The van der Waals surface area contributed by atoms with Crippen molar-refractivity contribution in [3.05, 3.63) is 29.0 Å². The first kappa shape index (κ1) is 15.7. The van der Waals surface area contributed by atoms with Crippen LogP contribution in [0.1, 0.15) is 32.3 Å². The lowest BCUT2D eigenvalue weighted by Crippen LogP contribution is -2.36. The van der Waals surface area contributed by atoms with E-state index in [-0.39, 0.29) is 5.92 Å². The number of hydrogen-bond acceptors (Lipinski definition) is 4. The van der Waals surface area contributed by atoms with Crippen molar-refractivity contribution in [3.63, 3.8) is 0 Å². The highest BCUT2D eigenvalue weighted by atomic mass is 35.5. The van der Waals surface area contributed by atoms with Gasteiger partial charge in [0.05, 0.1) is 0 Å². The summed E-state index contributed by atoms with van der Waals surface area (Å²) < 4.78 is 5.16. The maximum absolute atomic E-state index is 11.6. The van der Waals surface area contributed by atoms with Crippen molar-refractivity contribution in [1.29, 1.82) is 0 Å². The maximum Gasteiger partial charge on any atom is 0.407 e. The number of carbonyl (C=O) groups excluding carboxylic acids is 1. The van der Waals surface area contributed by atoms with Crippen LogP contribution in [0.5, 0.6) is 0 Å². The lowest BCUT2D eigenvalue weighted by atomic mass is 10.0. The van der Waals surface area contributed by atoms with Gasteiger partial charge in [-0.25, -0.2) is 9.78 Å². The van der Waals surface area contributed by atoms with Gasteiger partial charge in [-0.1, -0.05) is 11.6 Å². The number of nitrogens with one attached hydrogen (secondary N) is 1. The SMILES string of the molecule is CC(C)(C)OC(=O)NCC(CN)c1ccnc(Cl)c1. The molecule has 0 aliphatic carbocycles. The van der Waals surface area contributed by atoms with Crippen LogP contribution in [0.4, 0.5) is 4.79 Å². The number of aromatic nitrogens is 1. The molecule has 5 nitrogen and oxygen atoms in total. The number of ether oxygens (including phenoxy) is 1. The van der Waals surface area contributed by atoms with E-state index < -0.39 is 11.7 Å². The summed E-state index contributed by atoms with van der Waals surface area (Å²) in [5.41, 5.74) is 6.14. The zero-order chi connectivity index (χ0) is 14.5. The molecular formula is C13H20ClN3O2. The molecule has 0 radical (unpaired) electrons. The fourth-order valence-electron chi connectivity index (χ4n) is 1.53. The first-order chi connectivity index (χ1) is 8.81. The molecule has 1 atom stereocenters. The van der Waals surface area contributed by atoms with Crippen molar-refractivity contribution in [2.75, 3.05) is 13.1 Å². The minimum absolute atomic E-state index is 0.0204. The highest BCUT2D eigenvalue weighted by Gasteiger charge is 2.17. The Hall–Kier alpha value is -1.33. The summed E-state index contributed by atoms with van der Waals surface area (Å²) in [6.07, 6.45) is 1.17. The first-order valence-corrected chi connectivity index (χ1v) is 6.48. The average Bonchev–Trinajstić information content (AvgIpc) is 2.27. The third-order valence-corrected chi connectivity index (χ3v) is 2.60. The molecular weight excluding hydrogens is 266 g/mol. The minimum atomic E-state index is -0.512.